The molecule has 0 spiro atoms. The Bertz CT molecular complexity index is 519. The third kappa shape index (κ3) is 4.04. The molecule has 2 fully saturated rings. The van der Waals surface area contributed by atoms with Crippen molar-refractivity contribution in [3.05, 3.63) is 23.4 Å². The topological polar surface area (TPSA) is 37.4 Å². The minimum absolute atomic E-state index is 0.438. The molecule has 1 aliphatic carbocycles. The molecule has 1 aromatic rings. The minimum Gasteiger partial charge on any atom is -0.378 e. The first kappa shape index (κ1) is 16.7. The van der Waals surface area contributed by atoms with Gasteiger partial charge in [-0.1, -0.05) is 13.3 Å². The SMILES string of the molecule is CNCc1cnc(N2CCC(OCC3(C)CCC3)CC2)c(C)c1. The van der Waals surface area contributed by atoms with Crippen LogP contribution in [-0.2, 0) is 11.3 Å². The van der Waals surface area contributed by atoms with Crippen LogP contribution in [0.25, 0.3) is 0 Å². The average molecular weight is 317 g/mol. The van der Waals surface area contributed by atoms with Crippen LogP contribution in [0.4, 0.5) is 5.82 Å². The Morgan fingerprint density at radius 2 is 2.09 bits per heavy atom. The number of piperidine rings is 1. The van der Waals surface area contributed by atoms with Crippen LogP contribution in [0.1, 0.15) is 50.2 Å². The molecule has 1 saturated carbocycles. The average Bonchev–Trinajstić information content (AvgIpc) is 2.52. The predicted octanol–water partition coefficient (Wildman–Crippen LogP) is 3.29. The Hall–Kier alpha value is -1.13. The molecule has 0 aromatic carbocycles. The van der Waals surface area contributed by atoms with Gasteiger partial charge < -0.3 is 15.0 Å². The van der Waals surface area contributed by atoms with Crippen molar-refractivity contribution in [1.82, 2.24) is 10.3 Å². The molecule has 2 heterocycles. The minimum atomic E-state index is 0.438. The number of pyridine rings is 1. The third-order valence-electron chi connectivity index (χ3n) is 5.46. The number of nitrogens with zero attached hydrogens (tertiary/aromatic N) is 2. The molecule has 0 unspecified atom stereocenters. The van der Waals surface area contributed by atoms with Gasteiger partial charge in [-0.15, -0.1) is 0 Å². The van der Waals surface area contributed by atoms with Crippen LogP contribution < -0.4 is 10.2 Å². The standard InChI is InChI=1S/C19H31N3O/c1-15-11-16(12-20-3)13-21-18(15)22-9-5-17(6-10-22)23-14-19(2)7-4-8-19/h11,13,17,20H,4-10,12,14H2,1-3H3. The van der Waals surface area contributed by atoms with E-state index in [0.29, 0.717) is 11.5 Å². The Balaban J connectivity index is 1.50. The summed E-state index contributed by atoms with van der Waals surface area (Å²) in [6.07, 6.45) is 8.74. The largest absolute Gasteiger partial charge is 0.378 e. The van der Waals surface area contributed by atoms with Crippen LogP contribution in [0.5, 0.6) is 0 Å². The van der Waals surface area contributed by atoms with Gasteiger partial charge in [0.2, 0.25) is 0 Å². The van der Waals surface area contributed by atoms with E-state index in [1.54, 1.807) is 0 Å². The summed E-state index contributed by atoms with van der Waals surface area (Å²) in [5.74, 6) is 1.15. The summed E-state index contributed by atoms with van der Waals surface area (Å²) < 4.78 is 6.20. The first-order valence-electron chi connectivity index (χ1n) is 9.06. The Morgan fingerprint density at radius 1 is 1.35 bits per heavy atom. The molecule has 23 heavy (non-hydrogen) atoms. The van der Waals surface area contributed by atoms with Crippen LogP contribution >= 0.6 is 0 Å². The van der Waals surface area contributed by atoms with E-state index < -0.39 is 0 Å². The van der Waals surface area contributed by atoms with E-state index in [0.717, 1.165) is 44.9 Å². The van der Waals surface area contributed by atoms with Crippen LogP contribution in [0, 0.1) is 12.3 Å². The van der Waals surface area contributed by atoms with Crippen molar-refractivity contribution in [2.24, 2.45) is 5.41 Å². The monoisotopic (exact) mass is 317 g/mol. The zero-order chi connectivity index (χ0) is 16.3. The molecule has 1 aliphatic heterocycles. The molecule has 0 amide bonds. The molecule has 0 bridgehead atoms. The lowest BCUT2D eigenvalue weighted by molar-refractivity contribution is -0.0429. The van der Waals surface area contributed by atoms with Crippen molar-refractivity contribution in [1.29, 1.82) is 0 Å². The van der Waals surface area contributed by atoms with E-state index in [1.807, 2.05) is 13.2 Å². The van der Waals surface area contributed by atoms with Crippen molar-refractivity contribution < 1.29 is 4.74 Å². The smallest absolute Gasteiger partial charge is 0.131 e. The molecule has 1 N–H and O–H groups in total. The fraction of sp³-hybridized carbons (Fsp3) is 0.737. The molecule has 2 aliphatic rings. The number of nitrogens with one attached hydrogen (secondary N) is 1. The van der Waals surface area contributed by atoms with Crippen molar-refractivity contribution in [3.63, 3.8) is 0 Å². The predicted molar refractivity (Wildman–Crippen MR) is 94.9 cm³/mol. The summed E-state index contributed by atoms with van der Waals surface area (Å²) in [5.41, 5.74) is 3.00. The number of hydrogen-bond donors (Lipinski definition) is 1. The van der Waals surface area contributed by atoms with Gasteiger partial charge in [0.1, 0.15) is 5.82 Å². The van der Waals surface area contributed by atoms with Gasteiger partial charge in [-0.25, -0.2) is 4.98 Å². The summed E-state index contributed by atoms with van der Waals surface area (Å²) in [6.45, 7) is 8.48. The normalized spacial score (nSPS) is 21.3. The van der Waals surface area contributed by atoms with Crippen LogP contribution in [0.15, 0.2) is 12.3 Å². The first-order valence-corrected chi connectivity index (χ1v) is 9.06. The van der Waals surface area contributed by atoms with E-state index in [1.165, 1.54) is 30.4 Å². The maximum absolute atomic E-state index is 6.20. The quantitative estimate of drug-likeness (QED) is 0.873. The van der Waals surface area contributed by atoms with Crippen molar-refractivity contribution in [2.45, 2.75) is 58.6 Å². The lowest BCUT2D eigenvalue weighted by atomic mass is 9.71. The zero-order valence-electron chi connectivity index (χ0n) is 14.9. The summed E-state index contributed by atoms with van der Waals surface area (Å²) >= 11 is 0. The highest BCUT2D eigenvalue weighted by molar-refractivity contribution is 5.47. The van der Waals surface area contributed by atoms with Crippen LogP contribution in [0.2, 0.25) is 0 Å². The fourth-order valence-electron chi connectivity index (χ4n) is 3.74. The number of anilines is 1. The molecule has 128 valence electrons. The molecular formula is C19H31N3O. The second kappa shape index (κ2) is 7.18. The highest BCUT2D eigenvalue weighted by Gasteiger charge is 2.33. The van der Waals surface area contributed by atoms with E-state index in [4.69, 9.17) is 9.72 Å². The van der Waals surface area contributed by atoms with Gasteiger partial charge in [-0.3, -0.25) is 0 Å². The molecule has 0 radical (unpaired) electrons. The van der Waals surface area contributed by atoms with E-state index in [2.05, 4.69) is 30.1 Å². The van der Waals surface area contributed by atoms with Crippen LogP contribution in [-0.4, -0.2) is 37.8 Å². The summed E-state index contributed by atoms with van der Waals surface area (Å²) in [7, 11) is 1.97. The van der Waals surface area contributed by atoms with Crippen LogP contribution in [0.3, 0.4) is 0 Å². The van der Waals surface area contributed by atoms with Gasteiger partial charge in [-0.05, 0) is 62.3 Å². The second-order valence-electron chi connectivity index (χ2n) is 7.68. The first-order chi connectivity index (χ1) is 11.1. The fourth-order valence-corrected chi connectivity index (χ4v) is 3.74. The summed E-state index contributed by atoms with van der Waals surface area (Å²) in [6, 6.07) is 2.25. The number of aromatic nitrogens is 1. The lowest BCUT2D eigenvalue weighted by Crippen LogP contribution is -2.40. The van der Waals surface area contributed by atoms with Gasteiger partial charge in [-0.2, -0.15) is 0 Å². The highest BCUT2D eigenvalue weighted by atomic mass is 16.5. The van der Waals surface area contributed by atoms with Gasteiger partial charge >= 0.3 is 0 Å². The van der Waals surface area contributed by atoms with Gasteiger partial charge in [0.25, 0.3) is 0 Å². The summed E-state index contributed by atoms with van der Waals surface area (Å²) in [4.78, 5) is 7.12. The van der Waals surface area contributed by atoms with Gasteiger partial charge in [0.05, 0.1) is 12.7 Å². The van der Waals surface area contributed by atoms with E-state index in [-0.39, 0.29) is 0 Å². The number of aryl methyl sites for hydroxylation is 1. The molecule has 4 nitrogen and oxygen atoms in total. The highest BCUT2D eigenvalue weighted by Crippen LogP contribution is 2.40. The molecule has 0 atom stereocenters. The van der Waals surface area contributed by atoms with Crippen molar-refractivity contribution >= 4 is 5.82 Å². The van der Waals surface area contributed by atoms with Gasteiger partial charge in [0, 0.05) is 25.8 Å². The molecular weight excluding hydrogens is 286 g/mol. The molecule has 4 heteroatoms. The maximum atomic E-state index is 6.20. The third-order valence-corrected chi connectivity index (χ3v) is 5.46. The molecule has 1 aromatic heterocycles. The Labute approximate surface area is 140 Å². The van der Waals surface area contributed by atoms with E-state index in [9.17, 15) is 0 Å². The van der Waals surface area contributed by atoms with E-state index >= 15 is 0 Å². The molecule has 3 rings (SSSR count). The van der Waals surface area contributed by atoms with Gasteiger partial charge in [0.15, 0.2) is 0 Å². The molecule has 1 saturated heterocycles. The number of ether oxygens (including phenoxy) is 1. The second-order valence-corrected chi connectivity index (χ2v) is 7.68. The Kier molecular flexibility index (Phi) is 5.22. The Morgan fingerprint density at radius 3 is 2.65 bits per heavy atom. The number of rotatable bonds is 6. The zero-order valence-corrected chi connectivity index (χ0v) is 14.9. The van der Waals surface area contributed by atoms with Crippen molar-refractivity contribution in [2.75, 3.05) is 31.6 Å². The maximum Gasteiger partial charge on any atom is 0.131 e. The number of hydrogen-bond acceptors (Lipinski definition) is 4. The summed E-state index contributed by atoms with van der Waals surface area (Å²) in [5, 5.41) is 3.18. The van der Waals surface area contributed by atoms with Crippen molar-refractivity contribution in [3.8, 4) is 0 Å². The lowest BCUT2D eigenvalue weighted by Gasteiger charge is -2.40.